The third kappa shape index (κ3) is 8.74. The number of anilines is 1. The first-order chi connectivity index (χ1) is 20.4. The van der Waals surface area contributed by atoms with Crippen LogP contribution in [0.5, 0.6) is 0 Å². The van der Waals surface area contributed by atoms with E-state index in [1.165, 1.54) is 23.5 Å². The van der Waals surface area contributed by atoms with Crippen LogP contribution in [0, 0.1) is 10.5 Å². The first-order valence-corrected chi connectivity index (χ1v) is 16.3. The van der Waals surface area contributed by atoms with E-state index in [2.05, 4.69) is 42.8 Å². The number of guanidine groups is 1. The average Bonchev–Trinajstić information content (AvgIpc) is 3.38. The number of hydrogen-bond acceptors (Lipinski definition) is 9. The molecule has 4 rings (SSSR count). The Kier molecular flexibility index (Phi) is 10.4. The molecule has 1 atom stereocenters. The number of ketones is 1. The summed E-state index contributed by atoms with van der Waals surface area (Å²) in [4.78, 5) is 49.2. The number of hydrogen-bond donors (Lipinski definition) is 4. The molecule has 0 aliphatic carbocycles. The molecule has 13 nitrogen and oxygen atoms in total. The molecule has 2 aromatic carbocycles. The van der Waals surface area contributed by atoms with Crippen molar-refractivity contribution in [2.75, 3.05) is 11.3 Å². The Morgan fingerprint density at radius 2 is 1.91 bits per heavy atom. The van der Waals surface area contributed by atoms with Crippen LogP contribution in [0.4, 0.5) is 5.69 Å². The van der Waals surface area contributed by atoms with E-state index in [4.69, 9.17) is 16.3 Å². The number of aryl methyl sites for hydroxylation is 1. The van der Waals surface area contributed by atoms with Gasteiger partial charge in [-0.25, -0.2) is 13.4 Å². The molecule has 4 aromatic rings. The lowest BCUT2D eigenvalue weighted by Crippen LogP contribution is -2.44. The number of oxime groups is 1. The van der Waals surface area contributed by atoms with Gasteiger partial charge < -0.3 is 26.2 Å². The summed E-state index contributed by atoms with van der Waals surface area (Å²) >= 11 is 3.26. The molecule has 0 bridgehead atoms. The minimum atomic E-state index is -3.94. The van der Waals surface area contributed by atoms with Gasteiger partial charge in [-0.15, -0.1) is 11.3 Å². The zero-order valence-electron chi connectivity index (χ0n) is 22.8. The number of sulfonamides is 1. The fraction of sp³-hybridized carbons (Fsp3) is 0.222. The monoisotopic (exact) mass is 737 g/mol. The summed E-state index contributed by atoms with van der Waals surface area (Å²) in [6.07, 6.45) is 0.00339. The average molecular weight is 738 g/mol. The van der Waals surface area contributed by atoms with Crippen molar-refractivity contribution in [2.45, 2.75) is 31.7 Å². The lowest BCUT2D eigenvalue weighted by atomic mass is 10.1. The van der Waals surface area contributed by atoms with Gasteiger partial charge in [-0.05, 0) is 76.6 Å². The van der Waals surface area contributed by atoms with Gasteiger partial charge in [0.2, 0.25) is 27.7 Å². The summed E-state index contributed by atoms with van der Waals surface area (Å²) in [6, 6.07) is 16.0. The maximum atomic E-state index is 13.4. The molecule has 2 aromatic heterocycles. The summed E-state index contributed by atoms with van der Waals surface area (Å²) in [5, 5.41) is 6.27. The molecule has 0 saturated carbocycles. The smallest absolute Gasteiger partial charge is 0.275 e. The fourth-order valence-electron chi connectivity index (χ4n) is 4.06. The van der Waals surface area contributed by atoms with Gasteiger partial charge in [0, 0.05) is 15.7 Å². The standard InChI is InChI=1S/C27H28IN7O6S2/c1-16-9-10-21(34-43(39,40)15-17-5-4-6-18(28)13-17)26(38)35(16)14-23(36)31-20(11-12-41-33-27(29)30)24(37)25-32-19-7-2-3-8-22(19)42-25/h2-10,13,20,34H,11-12,14-15H2,1H3,(H,31,36)(H4,29,30,33)/t20-/m0/s1. The van der Waals surface area contributed by atoms with Crippen LogP contribution in [0.3, 0.4) is 0 Å². The van der Waals surface area contributed by atoms with Gasteiger partial charge in [-0.2, -0.15) is 0 Å². The summed E-state index contributed by atoms with van der Waals surface area (Å²) in [5.41, 5.74) is 11.2. The highest BCUT2D eigenvalue weighted by atomic mass is 127. The maximum absolute atomic E-state index is 13.4. The number of aromatic nitrogens is 2. The van der Waals surface area contributed by atoms with Crippen LogP contribution in [-0.2, 0) is 32.0 Å². The number of carbonyl (C=O) groups excluding carboxylic acids is 2. The van der Waals surface area contributed by atoms with Crippen molar-refractivity contribution in [2.24, 2.45) is 16.6 Å². The predicted molar refractivity (Wildman–Crippen MR) is 173 cm³/mol. The summed E-state index contributed by atoms with van der Waals surface area (Å²) in [7, 11) is -3.94. The Morgan fingerprint density at radius 1 is 1.14 bits per heavy atom. The summed E-state index contributed by atoms with van der Waals surface area (Å²) in [5.74, 6) is -1.76. The molecule has 0 aliphatic rings. The van der Waals surface area contributed by atoms with E-state index in [-0.39, 0.29) is 35.4 Å². The topological polar surface area (TPSA) is 201 Å². The molecule has 16 heteroatoms. The second-order valence-electron chi connectivity index (χ2n) is 9.38. The van der Waals surface area contributed by atoms with Crippen LogP contribution in [0.2, 0.25) is 0 Å². The zero-order chi connectivity index (χ0) is 31.1. The van der Waals surface area contributed by atoms with Crippen molar-refractivity contribution >= 4 is 77.5 Å². The van der Waals surface area contributed by atoms with E-state index >= 15 is 0 Å². The van der Waals surface area contributed by atoms with Gasteiger partial charge in [-0.1, -0.05) is 24.3 Å². The highest BCUT2D eigenvalue weighted by molar-refractivity contribution is 14.1. The molecule has 6 N–H and O–H groups in total. The van der Waals surface area contributed by atoms with E-state index < -0.39 is 39.9 Å². The number of nitrogens with one attached hydrogen (secondary N) is 2. The van der Waals surface area contributed by atoms with Crippen molar-refractivity contribution in [3.05, 3.63) is 90.9 Å². The number of nitrogens with two attached hydrogens (primary N) is 2. The number of amides is 1. The predicted octanol–water partition coefficient (Wildman–Crippen LogP) is 2.28. The van der Waals surface area contributed by atoms with Crippen LogP contribution in [0.15, 0.2) is 70.6 Å². The number of halogens is 1. The van der Waals surface area contributed by atoms with Gasteiger partial charge in [0.05, 0.1) is 22.0 Å². The second-order valence-corrected chi connectivity index (χ2v) is 13.4. The van der Waals surface area contributed by atoms with Crippen LogP contribution in [0.25, 0.3) is 10.2 Å². The second kappa shape index (κ2) is 14.0. The van der Waals surface area contributed by atoms with E-state index in [1.54, 1.807) is 37.3 Å². The van der Waals surface area contributed by atoms with E-state index in [0.717, 1.165) is 12.8 Å². The fourth-order valence-corrected chi connectivity index (χ4v) is 6.81. The number of carbonyl (C=O) groups is 2. The maximum Gasteiger partial charge on any atom is 0.275 e. The van der Waals surface area contributed by atoms with Gasteiger partial charge in [0.1, 0.15) is 18.8 Å². The van der Waals surface area contributed by atoms with Gasteiger partial charge in [0.15, 0.2) is 5.01 Å². The van der Waals surface area contributed by atoms with Crippen molar-refractivity contribution in [1.82, 2.24) is 14.9 Å². The molecule has 2 heterocycles. The number of para-hydroxylation sites is 1. The molecule has 0 spiro atoms. The molecule has 0 radical (unpaired) electrons. The van der Waals surface area contributed by atoms with Crippen molar-refractivity contribution in [1.29, 1.82) is 0 Å². The van der Waals surface area contributed by atoms with Gasteiger partial charge in [-0.3, -0.25) is 19.1 Å². The quantitative estimate of drug-likeness (QED) is 0.0397. The van der Waals surface area contributed by atoms with Crippen LogP contribution in [0.1, 0.15) is 27.5 Å². The Balaban J connectivity index is 1.51. The Bertz CT molecular complexity index is 1820. The van der Waals surface area contributed by atoms with Crippen molar-refractivity contribution in [3.63, 3.8) is 0 Å². The lowest BCUT2D eigenvalue weighted by molar-refractivity contribution is -0.122. The number of thiazole rings is 1. The minimum Gasteiger partial charge on any atom is -0.393 e. The molecular formula is C27H28IN7O6S2. The molecule has 226 valence electrons. The van der Waals surface area contributed by atoms with E-state index in [1.807, 2.05) is 18.2 Å². The molecule has 0 aliphatic heterocycles. The van der Waals surface area contributed by atoms with E-state index in [0.29, 0.717) is 16.8 Å². The van der Waals surface area contributed by atoms with Gasteiger partial charge in [0.25, 0.3) is 5.56 Å². The molecule has 0 fully saturated rings. The largest absolute Gasteiger partial charge is 0.393 e. The molecule has 1 amide bonds. The van der Waals surface area contributed by atoms with Crippen molar-refractivity contribution in [3.8, 4) is 0 Å². The highest BCUT2D eigenvalue weighted by Gasteiger charge is 2.26. The number of pyridine rings is 1. The molecule has 43 heavy (non-hydrogen) atoms. The lowest BCUT2D eigenvalue weighted by Gasteiger charge is -2.18. The first-order valence-electron chi connectivity index (χ1n) is 12.8. The summed E-state index contributed by atoms with van der Waals surface area (Å²) in [6.45, 7) is 1.03. The summed E-state index contributed by atoms with van der Waals surface area (Å²) < 4.78 is 30.8. The molecule has 0 unspecified atom stereocenters. The number of nitrogens with zero attached hydrogens (tertiary/aromatic N) is 3. The minimum absolute atomic E-state index is 0.00339. The van der Waals surface area contributed by atoms with Crippen LogP contribution < -0.4 is 27.1 Å². The first kappa shape index (κ1) is 31.9. The third-order valence-corrected chi connectivity index (χ3v) is 9.00. The van der Waals surface area contributed by atoms with Crippen LogP contribution in [-0.4, -0.2) is 48.3 Å². The Morgan fingerprint density at radius 3 is 2.63 bits per heavy atom. The molecular weight excluding hydrogens is 709 g/mol. The van der Waals surface area contributed by atoms with Gasteiger partial charge >= 0.3 is 0 Å². The number of Topliss-reactive ketones (excluding diaryl/α,β-unsaturated/α-hetero) is 1. The molecule has 0 saturated heterocycles. The van der Waals surface area contributed by atoms with E-state index in [9.17, 15) is 22.8 Å². The third-order valence-electron chi connectivity index (χ3n) is 6.03. The Labute approximate surface area is 264 Å². The Hall–Kier alpha value is -4.03. The van der Waals surface area contributed by atoms with Crippen LogP contribution >= 0.6 is 33.9 Å². The number of benzene rings is 2. The number of fused-ring (bicyclic) bond motifs is 1. The number of rotatable bonds is 13. The zero-order valence-corrected chi connectivity index (χ0v) is 26.6. The SMILES string of the molecule is Cc1ccc(NS(=O)(=O)Cc2cccc(I)c2)c(=O)n1CC(=O)N[C@@H](CCON=C(N)N)C(=O)c1nc2ccccc2s1. The normalized spacial score (nSPS) is 12.0. The van der Waals surface area contributed by atoms with Crippen molar-refractivity contribution < 1.29 is 22.8 Å². The highest BCUT2D eigenvalue weighted by Crippen LogP contribution is 2.23.